The van der Waals surface area contributed by atoms with Gasteiger partial charge in [0.05, 0.1) is 30.3 Å². The molecule has 0 radical (unpaired) electrons. The number of nitrogens with one attached hydrogen (secondary N) is 2. The highest BCUT2D eigenvalue weighted by Gasteiger charge is 2.13. The lowest BCUT2D eigenvalue weighted by Crippen LogP contribution is -2.27. The van der Waals surface area contributed by atoms with Gasteiger partial charge in [-0.2, -0.15) is 0 Å². The number of pyridine rings is 1. The molecule has 8 nitrogen and oxygen atoms in total. The fraction of sp³-hybridized carbons (Fsp3) is 0.200. The van der Waals surface area contributed by atoms with Crippen molar-refractivity contribution < 1.29 is 14.5 Å². The van der Waals surface area contributed by atoms with Crippen LogP contribution in [0.25, 0.3) is 0 Å². The Kier molecular flexibility index (Phi) is 5.59. The van der Waals surface area contributed by atoms with Crippen molar-refractivity contribution in [2.24, 2.45) is 0 Å². The summed E-state index contributed by atoms with van der Waals surface area (Å²) in [6.07, 6.45) is 3.36. The van der Waals surface area contributed by atoms with E-state index in [0.29, 0.717) is 12.2 Å². The smallest absolute Gasteiger partial charge is 0.273 e. The van der Waals surface area contributed by atoms with Crippen molar-refractivity contribution in [1.29, 1.82) is 0 Å². The van der Waals surface area contributed by atoms with E-state index >= 15 is 0 Å². The number of hydrogen-bond acceptors (Lipinski definition) is 6. The molecule has 8 heteroatoms. The van der Waals surface area contributed by atoms with Gasteiger partial charge in [0, 0.05) is 25.0 Å². The lowest BCUT2D eigenvalue weighted by molar-refractivity contribution is -0.384. The van der Waals surface area contributed by atoms with Crippen LogP contribution in [0.15, 0.2) is 42.7 Å². The average Bonchev–Trinajstić information content (AvgIpc) is 2.56. The van der Waals surface area contributed by atoms with Gasteiger partial charge in [-0.3, -0.25) is 19.9 Å². The predicted octanol–water partition coefficient (Wildman–Crippen LogP) is 1.73. The van der Waals surface area contributed by atoms with E-state index in [2.05, 4.69) is 15.6 Å². The van der Waals surface area contributed by atoms with Gasteiger partial charge in [-0.05, 0) is 23.8 Å². The van der Waals surface area contributed by atoms with Gasteiger partial charge in [-0.1, -0.05) is 0 Å². The van der Waals surface area contributed by atoms with Crippen LogP contribution < -0.4 is 15.4 Å². The fourth-order valence-corrected chi connectivity index (χ4v) is 1.91. The first kappa shape index (κ1) is 16.4. The van der Waals surface area contributed by atoms with E-state index < -0.39 is 4.92 Å². The fourth-order valence-electron chi connectivity index (χ4n) is 1.91. The van der Waals surface area contributed by atoms with Gasteiger partial charge in [0.2, 0.25) is 5.91 Å². The molecule has 2 N–H and O–H groups in total. The number of non-ortho nitro benzene ring substituents is 1. The van der Waals surface area contributed by atoms with Crippen LogP contribution in [0.2, 0.25) is 0 Å². The van der Waals surface area contributed by atoms with Gasteiger partial charge < -0.3 is 15.4 Å². The topological polar surface area (TPSA) is 106 Å². The van der Waals surface area contributed by atoms with E-state index in [4.69, 9.17) is 4.74 Å². The summed E-state index contributed by atoms with van der Waals surface area (Å²) in [5.41, 5.74) is 1.30. The van der Waals surface area contributed by atoms with Crippen molar-refractivity contribution in [2.45, 2.75) is 6.54 Å². The summed E-state index contributed by atoms with van der Waals surface area (Å²) in [6, 6.07) is 7.72. The molecule has 0 saturated carbocycles. The first-order chi connectivity index (χ1) is 11.1. The molecule has 2 aromatic rings. The van der Waals surface area contributed by atoms with E-state index in [9.17, 15) is 14.9 Å². The largest absolute Gasteiger partial charge is 0.494 e. The second-order valence-corrected chi connectivity index (χ2v) is 4.65. The molecular formula is C15H16N4O4. The predicted molar refractivity (Wildman–Crippen MR) is 84.2 cm³/mol. The summed E-state index contributed by atoms with van der Waals surface area (Å²) in [7, 11) is 1.39. The highest BCUT2D eigenvalue weighted by atomic mass is 16.6. The van der Waals surface area contributed by atoms with Gasteiger partial charge in [0.15, 0.2) is 0 Å². The number of aromatic nitrogens is 1. The van der Waals surface area contributed by atoms with Crippen LogP contribution in [0.3, 0.4) is 0 Å². The van der Waals surface area contributed by atoms with E-state index in [1.807, 2.05) is 12.1 Å². The second-order valence-electron chi connectivity index (χ2n) is 4.65. The first-order valence-electron chi connectivity index (χ1n) is 6.82. The minimum absolute atomic E-state index is 0.0997. The molecule has 23 heavy (non-hydrogen) atoms. The Labute approximate surface area is 132 Å². The highest BCUT2D eigenvalue weighted by molar-refractivity contribution is 5.93. The number of benzene rings is 1. The molecule has 0 unspecified atom stereocenters. The van der Waals surface area contributed by atoms with E-state index in [1.165, 1.54) is 25.3 Å². The SMILES string of the molecule is COc1cc([N+](=O)[O-])ccc1NC(=O)CNCc1ccncc1. The summed E-state index contributed by atoms with van der Waals surface area (Å²) >= 11 is 0. The number of methoxy groups -OCH3 is 1. The van der Waals surface area contributed by atoms with E-state index in [0.717, 1.165) is 5.56 Å². The number of anilines is 1. The number of hydrogen-bond donors (Lipinski definition) is 2. The van der Waals surface area contributed by atoms with Crippen LogP contribution in [-0.4, -0.2) is 29.5 Å². The second kappa shape index (κ2) is 7.85. The Morgan fingerprint density at radius 3 is 2.70 bits per heavy atom. The normalized spacial score (nSPS) is 10.1. The molecule has 120 valence electrons. The Morgan fingerprint density at radius 1 is 1.30 bits per heavy atom. The lowest BCUT2D eigenvalue weighted by Gasteiger charge is -2.10. The summed E-state index contributed by atoms with van der Waals surface area (Å²) in [5, 5.41) is 16.4. The van der Waals surface area contributed by atoms with Gasteiger partial charge in [0.25, 0.3) is 5.69 Å². The minimum Gasteiger partial charge on any atom is -0.494 e. The Hall–Kier alpha value is -3.00. The van der Waals surface area contributed by atoms with Crippen molar-refractivity contribution in [2.75, 3.05) is 19.0 Å². The van der Waals surface area contributed by atoms with Crippen molar-refractivity contribution in [1.82, 2.24) is 10.3 Å². The van der Waals surface area contributed by atoms with Crippen LogP contribution in [0.1, 0.15) is 5.56 Å². The number of rotatable bonds is 7. The molecule has 0 bridgehead atoms. The molecule has 2 rings (SSSR count). The lowest BCUT2D eigenvalue weighted by atomic mass is 10.2. The average molecular weight is 316 g/mol. The molecule has 0 atom stereocenters. The number of nitro benzene ring substituents is 1. The van der Waals surface area contributed by atoms with Gasteiger partial charge >= 0.3 is 0 Å². The number of ether oxygens (including phenoxy) is 1. The number of amides is 1. The van der Waals surface area contributed by atoms with Gasteiger partial charge in [-0.25, -0.2) is 0 Å². The molecular weight excluding hydrogens is 300 g/mol. The van der Waals surface area contributed by atoms with Crippen LogP contribution >= 0.6 is 0 Å². The molecule has 1 heterocycles. The van der Waals surface area contributed by atoms with Crippen molar-refractivity contribution in [3.63, 3.8) is 0 Å². The number of carbonyl (C=O) groups is 1. The zero-order valence-corrected chi connectivity index (χ0v) is 12.5. The zero-order chi connectivity index (χ0) is 16.7. The molecule has 0 aliphatic carbocycles. The zero-order valence-electron chi connectivity index (χ0n) is 12.5. The van der Waals surface area contributed by atoms with Crippen LogP contribution in [-0.2, 0) is 11.3 Å². The minimum atomic E-state index is -0.523. The van der Waals surface area contributed by atoms with E-state index in [-0.39, 0.29) is 23.9 Å². The molecule has 1 amide bonds. The summed E-state index contributed by atoms with van der Waals surface area (Å²) in [4.78, 5) is 26.0. The van der Waals surface area contributed by atoms with Crippen LogP contribution in [0.5, 0.6) is 5.75 Å². The van der Waals surface area contributed by atoms with Gasteiger partial charge in [0.1, 0.15) is 5.75 Å². The third-order valence-corrected chi connectivity index (χ3v) is 3.03. The van der Waals surface area contributed by atoms with E-state index in [1.54, 1.807) is 12.4 Å². The maximum atomic E-state index is 11.9. The number of carbonyl (C=O) groups excluding carboxylic acids is 1. The summed E-state index contributed by atoms with van der Waals surface area (Å²) in [5.74, 6) is -0.0344. The molecule has 0 aliphatic rings. The Morgan fingerprint density at radius 2 is 2.04 bits per heavy atom. The monoisotopic (exact) mass is 316 g/mol. The number of nitro groups is 1. The third-order valence-electron chi connectivity index (χ3n) is 3.03. The molecule has 1 aromatic carbocycles. The maximum Gasteiger partial charge on any atom is 0.273 e. The van der Waals surface area contributed by atoms with Crippen LogP contribution in [0.4, 0.5) is 11.4 Å². The summed E-state index contributed by atoms with van der Waals surface area (Å²) < 4.78 is 5.06. The van der Waals surface area contributed by atoms with Crippen molar-refractivity contribution >= 4 is 17.3 Å². The molecule has 0 saturated heterocycles. The molecule has 0 spiro atoms. The molecule has 1 aromatic heterocycles. The maximum absolute atomic E-state index is 11.9. The highest BCUT2D eigenvalue weighted by Crippen LogP contribution is 2.28. The Bertz CT molecular complexity index is 691. The molecule has 0 aliphatic heterocycles. The van der Waals surface area contributed by atoms with Crippen molar-refractivity contribution in [3.8, 4) is 5.75 Å². The Balaban J connectivity index is 1.91. The third kappa shape index (κ3) is 4.75. The first-order valence-corrected chi connectivity index (χ1v) is 6.82. The van der Waals surface area contributed by atoms with Crippen LogP contribution in [0, 0.1) is 10.1 Å². The quantitative estimate of drug-likeness (QED) is 0.595. The standard InChI is InChI=1S/C15H16N4O4/c1-23-14-8-12(19(21)22)2-3-13(14)18-15(20)10-17-9-11-4-6-16-7-5-11/h2-8,17H,9-10H2,1H3,(H,18,20). The van der Waals surface area contributed by atoms with Gasteiger partial charge in [-0.15, -0.1) is 0 Å². The number of nitrogens with zero attached hydrogens (tertiary/aromatic N) is 2. The summed E-state index contributed by atoms with van der Waals surface area (Å²) in [6.45, 7) is 0.635. The molecule has 0 fully saturated rings. The van der Waals surface area contributed by atoms with Crippen molar-refractivity contribution in [3.05, 3.63) is 58.4 Å².